The lowest BCUT2D eigenvalue weighted by atomic mass is 9.82. The van der Waals surface area contributed by atoms with Crippen LogP contribution in [0.25, 0.3) is 89.2 Å². The number of nitrogens with zero attached hydrogens (tertiary/aromatic N) is 2. The van der Waals surface area contributed by atoms with Crippen molar-refractivity contribution in [3.8, 4) is 67.3 Å². The van der Waals surface area contributed by atoms with E-state index in [4.69, 9.17) is 14.4 Å². The molecule has 52 heavy (non-hydrogen) atoms. The van der Waals surface area contributed by atoms with Crippen LogP contribution >= 0.6 is 0 Å². The Morgan fingerprint density at radius 1 is 0.442 bits per heavy atom. The van der Waals surface area contributed by atoms with Gasteiger partial charge in [0.05, 0.1) is 15.5 Å². The van der Waals surface area contributed by atoms with Gasteiger partial charge < -0.3 is 4.42 Å². The standard InChI is InChI=1S/C49H34N2O/c1-49(2)42-19-11-9-17-38(42)39-23-21-34(29-43(39)49)44-30-45(51-48(50-44)32-15-7-4-8-16-32)37-26-35(31-13-5-3-6-14-31)25-36(27-37)33-22-24-47-41(28-33)40-18-10-12-20-46(40)52-47/h3-30H,1-2H3/i25D,26D,27D. The zero-order chi connectivity index (χ0) is 37.4. The van der Waals surface area contributed by atoms with Gasteiger partial charge in [-0.15, -0.1) is 0 Å². The molecule has 0 spiro atoms. The van der Waals surface area contributed by atoms with Crippen LogP contribution < -0.4 is 0 Å². The lowest BCUT2D eigenvalue weighted by Crippen LogP contribution is -2.14. The molecule has 0 atom stereocenters. The van der Waals surface area contributed by atoms with Gasteiger partial charge >= 0.3 is 0 Å². The lowest BCUT2D eigenvalue weighted by molar-refractivity contribution is 0.660. The molecular formula is C49H34N2O. The predicted octanol–water partition coefficient (Wildman–Crippen LogP) is 13.0. The fourth-order valence-corrected chi connectivity index (χ4v) is 7.68. The maximum atomic E-state index is 9.85. The van der Waals surface area contributed by atoms with Crippen molar-refractivity contribution < 1.29 is 8.53 Å². The average Bonchev–Trinajstić information content (AvgIpc) is 3.70. The molecule has 2 aromatic heterocycles. The molecule has 10 rings (SSSR count). The first-order valence-corrected chi connectivity index (χ1v) is 17.6. The Morgan fingerprint density at radius 3 is 1.85 bits per heavy atom. The maximum Gasteiger partial charge on any atom is 0.160 e. The number of aromatic nitrogens is 2. The van der Waals surface area contributed by atoms with E-state index in [2.05, 4.69) is 56.3 Å². The summed E-state index contributed by atoms with van der Waals surface area (Å²) in [7, 11) is 0. The molecule has 2 heterocycles. The first-order valence-electron chi connectivity index (χ1n) is 19.1. The molecule has 0 aliphatic heterocycles. The van der Waals surface area contributed by atoms with Crippen molar-refractivity contribution in [1.82, 2.24) is 9.97 Å². The Labute approximate surface area is 307 Å². The number of para-hydroxylation sites is 1. The Bertz CT molecular complexity index is 2990. The molecule has 0 saturated heterocycles. The van der Waals surface area contributed by atoms with Crippen LogP contribution in [0.5, 0.6) is 0 Å². The number of hydrogen-bond donors (Lipinski definition) is 0. The van der Waals surface area contributed by atoms with Crippen LogP contribution in [0.3, 0.4) is 0 Å². The highest BCUT2D eigenvalue weighted by atomic mass is 16.3. The molecule has 0 fully saturated rings. The Hall–Kier alpha value is -6.58. The first-order chi connectivity index (χ1) is 26.8. The monoisotopic (exact) mass is 669 g/mol. The molecule has 0 amide bonds. The van der Waals surface area contributed by atoms with E-state index in [1.807, 2.05) is 109 Å². The first kappa shape index (κ1) is 27.2. The zero-order valence-electron chi connectivity index (χ0n) is 31.7. The molecule has 3 nitrogen and oxygen atoms in total. The van der Waals surface area contributed by atoms with Gasteiger partial charge in [-0.3, -0.25) is 0 Å². The van der Waals surface area contributed by atoms with Crippen molar-refractivity contribution in [2.24, 2.45) is 0 Å². The highest BCUT2D eigenvalue weighted by Crippen LogP contribution is 2.49. The maximum absolute atomic E-state index is 9.85. The molecule has 0 saturated carbocycles. The van der Waals surface area contributed by atoms with E-state index in [0.29, 0.717) is 39.5 Å². The molecular weight excluding hydrogens is 633 g/mol. The zero-order valence-corrected chi connectivity index (χ0v) is 28.7. The van der Waals surface area contributed by atoms with Gasteiger partial charge in [0.2, 0.25) is 0 Å². The van der Waals surface area contributed by atoms with Crippen molar-refractivity contribution >= 4 is 21.9 Å². The Kier molecular flexibility index (Phi) is 6.14. The van der Waals surface area contributed by atoms with Gasteiger partial charge in [-0.05, 0) is 93.0 Å². The molecule has 7 aromatic carbocycles. The topological polar surface area (TPSA) is 38.9 Å². The van der Waals surface area contributed by atoms with E-state index >= 15 is 0 Å². The summed E-state index contributed by atoms with van der Waals surface area (Å²) in [4.78, 5) is 10.2. The van der Waals surface area contributed by atoms with Gasteiger partial charge in [-0.25, -0.2) is 9.97 Å². The Morgan fingerprint density at radius 2 is 1.04 bits per heavy atom. The fraction of sp³-hybridized carbons (Fsp3) is 0.0612. The van der Waals surface area contributed by atoms with Crippen molar-refractivity contribution in [2.75, 3.05) is 0 Å². The number of furan rings is 1. The summed E-state index contributed by atoms with van der Waals surface area (Å²) >= 11 is 0. The van der Waals surface area contributed by atoms with Gasteiger partial charge in [0.1, 0.15) is 11.2 Å². The SMILES string of the molecule is [2H]c1c(-c2ccccc2)c([2H])c(-c2cc(-c3ccc4c(c3)C(C)(C)c3ccccc3-4)nc(-c3ccccc3)n2)c([2H])c1-c1ccc2oc3ccccc3c2c1. The summed E-state index contributed by atoms with van der Waals surface area (Å²) in [5.41, 5.74) is 11.8. The minimum absolute atomic E-state index is 0.0658. The molecule has 0 N–H and O–H groups in total. The minimum Gasteiger partial charge on any atom is -0.456 e. The molecule has 1 aliphatic carbocycles. The quantitative estimate of drug-likeness (QED) is 0.183. The Balaban J connectivity index is 1.24. The van der Waals surface area contributed by atoms with Gasteiger partial charge in [0.15, 0.2) is 5.82 Å². The van der Waals surface area contributed by atoms with Crippen molar-refractivity contribution in [1.29, 1.82) is 0 Å². The molecule has 246 valence electrons. The molecule has 9 aromatic rings. The highest BCUT2D eigenvalue weighted by molar-refractivity contribution is 6.06. The van der Waals surface area contributed by atoms with E-state index in [0.717, 1.165) is 38.6 Å². The summed E-state index contributed by atoms with van der Waals surface area (Å²) in [6.07, 6.45) is 0. The summed E-state index contributed by atoms with van der Waals surface area (Å²) in [5.74, 6) is 0.499. The largest absolute Gasteiger partial charge is 0.456 e. The summed E-state index contributed by atoms with van der Waals surface area (Å²) < 4.78 is 35.3. The van der Waals surface area contributed by atoms with E-state index in [9.17, 15) is 4.11 Å². The van der Waals surface area contributed by atoms with Crippen LogP contribution in [0.2, 0.25) is 0 Å². The third-order valence-corrected chi connectivity index (χ3v) is 10.4. The number of hydrogen-bond acceptors (Lipinski definition) is 3. The molecule has 0 radical (unpaired) electrons. The third-order valence-electron chi connectivity index (χ3n) is 10.4. The molecule has 0 unspecified atom stereocenters. The second-order valence-corrected chi connectivity index (χ2v) is 13.9. The highest BCUT2D eigenvalue weighted by Gasteiger charge is 2.35. The number of benzene rings is 7. The summed E-state index contributed by atoms with van der Waals surface area (Å²) in [5, 5.41) is 1.87. The van der Waals surface area contributed by atoms with Crippen molar-refractivity contribution in [3.63, 3.8) is 0 Å². The van der Waals surface area contributed by atoms with Crippen LogP contribution in [0.15, 0.2) is 174 Å². The van der Waals surface area contributed by atoms with E-state index in [1.165, 1.54) is 22.3 Å². The van der Waals surface area contributed by atoms with E-state index in [1.54, 1.807) is 0 Å². The summed E-state index contributed by atoms with van der Waals surface area (Å²) in [6.45, 7) is 4.53. The van der Waals surface area contributed by atoms with Gasteiger partial charge in [0, 0.05) is 32.9 Å². The van der Waals surface area contributed by atoms with E-state index < -0.39 is 0 Å². The second kappa shape index (κ2) is 11.8. The average molecular weight is 670 g/mol. The fourth-order valence-electron chi connectivity index (χ4n) is 7.68. The van der Waals surface area contributed by atoms with E-state index in [-0.39, 0.29) is 23.5 Å². The molecule has 1 aliphatic rings. The van der Waals surface area contributed by atoms with Crippen molar-refractivity contribution in [3.05, 3.63) is 181 Å². The van der Waals surface area contributed by atoms with Crippen molar-refractivity contribution in [2.45, 2.75) is 19.3 Å². The second-order valence-electron chi connectivity index (χ2n) is 13.9. The van der Waals surface area contributed by atoms with Crippen LogP contribution in [-0.2, 0) is 5.41 Å². The smallest absolute Gasteiger partial charge is 0.160 e. The van der Waals surface area contributed by atoms with Crippen LogP contribution in [0, 0.1) is 0 Å². The van der Waals surface area contributed by atoms with Crippen LogP contribution in [0.1, 0.15) is 29.1 Å². The summed E-state index contributed by atoms with van der Waals surface area (Å²) in [6, 6.07) is 50.4. The van der Waals surface area contributed by atoms with Gasteiger partial charge in [-0.1, -0.05) is 135 Å². The van der Waals surface area contributed by atoms with Gasteiger partial charge in [-0.2, -0.15) is 0 Å². The molecule has 3 heteroatoms. The van der Waals surface area contributed by atoms with Crippen LogP contribution in [-0.4, -0.2) is 9.97 Å². The number of rotatable bonds is 5. The lowest BCUT2D eigenvalue weighted by Gasteiger charge is -2.22. The third kappa shape index (κ3) is 4.97. The van der Waals surface area contributed by atoms with Crippen LogP contribution in [0.4, 0.5) is 0 Å². The predicted molar refractivity (Wildman–Crippen MR) is 214 cm³/mol. The molecule has 0 bridgehead atoms. The van der Waals surface area contributed by atoms with Gasteiger partial charge in [0.25, 0.3) is 0 Å². The normalized spacial score (nSPS) is 13.8. The number of fused-ring (bicyclic) bond motifs is 6. The minimum atomic E-state index is -0.201.